The number of nitrogens with zero attached hydrogens (tertiary/aromatic N) is 4. The van der Waals surface area contributed by atoms with Crippen LogP contribution >= 0.6 is 23.4 Å². The van der Waals surface area contributed by atoms with Crippen LogP contribution in [0.5, 0.6) is 0 Å². The van der Waals surface area contributed by atoms with Gasteiger partial charge in [-0.25, -0.2) is 12.7 Å². The normalized spacial score (nSPS) is 13.6. The average molecular weight is 472 g/mol. The number of carbonyl (C=O) groups excluding carboxylic acids is 1. The fraction of sp³-hybridized carbons (Fsp3) is 0.400. The summed E-state index contributed by atoms with van der Waals surface area (Å²) in [7, 11) is -0.0105. The van der Waals surface area contributed by atoms with Gasteiger partial charge in [-0.3, -0.25) is 4.79 Å². The molecular weight excluding hydrogens is 455 g/mol. The van der Waals surface area contributed by atoms with Crippen molar-refractivity contribution in [3.05, 3.63) is 29.0 Å². The predicted octanol–water partition coefficient (Wildman–Crippen LogP) is 2.86. The molecule has 0 radical (unpaired) electrons. The van der Waals surface area contributed by atoms with Crippen molar-refractivity contribution in [3.63, 3.8) is 0 Å². The summed E-state index contributed by atoms with van der Waals surface area (Å²) in [6.07, 6.45) is -4.66. The Hall–Kier alpha value is -1.83. The quantitative estimate of drug-likeness (QED) is 0.651. The Kier molecular flexibility index (Phi) is 6.87. The first-order valence-electron chi connectivity index (χ1n) is 7.91. The van der Waals surface area contributed by atoms with Gasteiger partial charge in [0.1, 0.15) is 4.90 Å². The van der Waals surface area contributed by atoms with Crippen molar-refractivity contribution in [1.29, 1.82) is 0 Å². The third kappa shape index (κ3) is 5.21. The van der Waals surface area contributed by atoms with Crippen LogP contribution in [0.25, 0.3) is 0 Å². The summed E-state index contributed by atoms with van der Waals surface area (Å²) >= 11 is 6.73. The molecule has 29 heavy (non-hydrogen) atoms. The van der Waals surface area contributed by atoms with E-state index >= 15 is 0 Å². The number of rotatable bonds is 6. The third-order valence-electron chi connectivity index (χ3n) is 3.70. The largest absolute Gasteiger partial charge is 0.451 e. The highest BCUT2D eigenvalue weighted by Gasteiger charge is 2.38. The first-order chi connectivity index (χ1) is 13.2. The lowest BCUT2D eigenvalue weighted by molar-refractivity contribution is -0.147. The zero-order valence-electron chi connectivity index (χ0n) is 15.7. The Labute approximate surface area is 174 Å². The maximum Gasteiger partial charge on any atom is 0.451 e. The monoisotopic (exact) mass is 471 g/mol. The second kappa shape index (κ2) is 8.50. The molecule has 0 aliphatic rings. The number of hydrogen-bond acceptors (Lipinski definition) is 6. The smallest absolute Gasteiger partial charge is 0.325 e. The van der Waals surface area contributed by atoms with Crippen LogP contribution in [0.2, 0.25) is 5.02 Å². The van der Waals surface area contributed by atoms with E-state index in [0.29, 0.717) is 0 Å². The number of carbonyl (C=O) groups is 1. The molecule has 2 aromatic rings. The van der Waals surface area contributed by atoms with Gasteiger partial charge in [0.2, 0.25) is 21.8 Å². The number of benzene rings is 1. The van der Waals surface area contributed by atoms with E-state index < -0.39 is 33.2 Å². The number of hydrogen-bond donors (Lipinski definition) is 1. The lowest BCUT2D eigenvalue weighted by Crippen LogP contribution is -2.24. The van der Waals surface area contributed by atoms with Crippen LogP contribution in [0.3, 0.4) is 0 Å². The summed E-state index contributed by atoms with van der Waals surface area (Å²) in [6.45, 7) is 1.47. The van der Waals surface area contributed by atoms with Gasteiger partial charge in [0.15, 0.2) is 5.16 Å². The molecule has 0 spiro atoms. The summed E-state index contributed by atoms with van der Waals surface area (Å²) in [5, 5.41) is 8.13. The van der Waals surface area contributed by atoms with Crippen molar-refractivity contribution in [2.24, 2.45) is 7.05 Å². The molecule has 0 saturated carbocycles. The zero-order valence-corrected chi connectivity index (χ0v) is 18.0. The molecule has 0 aliphatic carbocycles. The Morgan fingerprint density at radius 3 is 2.45 bits per heavy atom. The average Bonchev–Trinajstić information content (AvgIpc) is 2.97. The summed E-state index contributed by atoms with van der Waals surface area (Å²) in [5.74, 6) is -1.74. The van der Waals surface area contributed by atoms with Gasteiger partial charge in [-0.1, -0.05) is 23.4 Å². The molecule has 1 N–H and O–H groups in total. The number of thioether (sulfide) groups is 1. The van der Waals surface area contributed by atoms with E-state index in [0.717, 1.165) is 27.7 Å². The maximum absolute atomic E-state index is 12.8. The molecule has 0 aliphatic heterocycles. The minimum atomic E-state index is -4.66. The van der Waals surface area contributed by atoms with Crippen molar-refractivity contribution in [1.82, 2.24) is 19.1 Å². The second-order valence-corrected chi connectivity index (χ2v) is 9.88. The molecule has 1 aromatic heterocycles. The van der Waals surface area contributed by atoms with Crippen molar-refractivity contribution in [3.8, 4) is 0 Å². The van der Waals surface area contributed by atoms with Crippen LogP contribution < -0.4 is 5.32 Å². The fourth-order valence-electron chi connectivity index (χ4n) is 2.10. The molecule has 1 atom stereocenters. The Balaban J connectivity index is 2.18. The van der Waals surface area contributed by atoms with Gasteiger partial charge < -0.3 is 9.88 Å². The first kappa shape index (κ1) is 23.4. The topological polar surface area (TPSA) is 97.2 Å². The van der Waals surface area contributed by atoms with Crippen LogP contribution in [0.15, 0.2) is 28.3 Å². The molecule has 0 fully saturated rings. The van der Waals surface area contributed by atoms with E-state index in [-0.39, 0.29) is 20.8 Å². The molecule has 1 amide bonds. The Morgan fingerprint density at radius 1 is 1.31 bits per heavy atom. The molecule has 0 unspecified atom stereocenters. The lowest BCUT2D eigenvalue weighted by atomic mass is 10.3. The Bertz CT molecular complexity index is 1020. The molecule has 2 rings (SSSR count). The minimum absolute atomic E-state index is 0.0158. The first-order valence-corrected chi connectivity index (χ1v) is 10.6. The SMILES string of the molecule is C[C@H](Sc1nnc(C(F)(F)F)n1C)C(=O)Nc1ccc(Cl)c(S(=O)(=O)N(C)C)c1. The number of alkyl halides is 3. The van der Waals surface area contributed by atoms with Crippen molar-refractivity contribution >= 4 is 45.0 Å². The lowest BCUT2D eigenvalue weighted by Gasteiger charge is -2.15. The molecule has 8 nitrogen and oxygen atoms in total. The number of aromatic nitrogens is 3. The van der Waals surface area contributed by atoms with Crippen LogP contribution in [-0.2, 0) is 28.0 Å². The van der Waals surface area contributed by atoms with E-state index in [1.807, 2.05) is 0 Å². The van der Waals surface area contributed by atoms with Crippen LogP contribution in [-0.4, -0.2) is 52.7 Å². The van der Waals surface area contributed by atoms with E-state index in [4.69, 9.17) is 11.6 Å². The summed E-state index contributed by atoms with van der Waals surface area (Å²) in [5.41, 5.74) is 0.168. The number of halogens is 4. The number of anilines is 1. The predicted molar refractivity (Wildman–Crippen MR) is 102 cm³/mol. The molecule has 160 valence electrons. The van der Waals surface area contributed by atoms with Gasteiger partial charge in [-0.2, -0.15) is 13.2 Å². The molecule has 0 saturated heterocycles. The second-order valence-electron chi connectivity index (χ2n) is 6.04. The van der Waals surface area contributed by atoms with Crippen LogP contribution in [0, 0.1) is 0 Å². The Morgan fingerprint density at radius 2 is 1.93 bits per heavy atom. The van der Waals surface area contributed by atoms with Gasteiger partial charge in [0, 0.05) is 26.8 Å². The van der Waals surface area contributed by atoms with Crippen molar-refractivity contribution < 1.29 is 26.4 Å². The fourth-order valence-corrected chi connectivity index (χ4v) is 4.30. The molecule has 14 heteroatoms. The third-order valence-corrected chi connectivity index (χ3v) is 7.13. The minimum Gasteiger partial charge on any atom is -0.325 e. The van der Waals surface area contributed by atoms with Gasteiger partial charge in [-0.15, -0.1) is 10.2 Å². The van der Waals surface area contributed by atoms with Crippen LogP contribution in [0.1, 0.15) is 12.7 Å². The maximum atomic E-state index is 12.8. The number of amides is 1. The number of nitrogens with one attached hydrogen (secondary N) is 1. The molecule has 1 heterocycles. The highest BCUT2D eigenvalue weighted by Crippen LogP contribution is 2.31. The summed E-state index contributed by atoms with van der Waals surface area (Å²) in [6, 6.07) is 3.94. The molecular formula is C15H17ClF3N5O3S2. The van der Waals surface area contributed by atoms with Crippen molar-refractivity contribution in [2.75, 3.05) is 19.4 Å². The van der Waals surface area contributed by atoms with E-state index in [9.17, 15) is 26.4 Å². The highest BCUT2D eigenvalue weighted by atomic mass is 35.5. The van der Waals surface area contributed by atoms with Gasteiger partial charge in [-0.05, 0) is 25.1 Å². The molecule has 0 bridgehead atoms. The van der Waals surface area contributed by atoms with Crippen molar-refractivity contribution in [2.45, 2.75) is 28.4 Å². The van der Waals surface area contributed by atoms with E-state index in [1.54, 1.807) is 0 Å². The molecule has 1 aromatic carbocycles. The summed E-state index contributed by atoms with van der Waals surface area (Å²) in [4.78, 5) is 12.2. The van der Waals surface area contributed by atoms with Gasteiger partial charge in [0.25, 0.3) is 0 Å². The van der Waals surface area contributed by atoms with Crippen LogP contribution in [0.4, 0.5) is 18.9 Å². The van der Waals surface area contributed by atoms with E-state index in [1.165, 1.54) is 39.2 Å². The summed E-state index contributed by atoms with van der Waals surface area (Å²) < 4.78 is 64.7. The standard InChI is InChI=1S/C15H17ClF3N5O3S2/c1-8(28-14-22-21-13(24(14)4)15(17,18)19)12(25)20-9-5-6-10(16)11(7-9)29(26,27)23(2)3/h5-8H,1-4H3,(H,20,25)/t8-/m0/s1. The number of sulfonamides is 1. The highest BCUT2D eigenvalue weighted by molar-refractivity contribution is 8.00. The van der Waals surface area contributed by atoms with Gasteiger partial charge >= 0.3 is 6.18 Å². The van der Waals surface area contributed by atoms with Gasteiger partial charge in [0.05, 0.1) is 10.3 Å². The van der Waals surface area contributed by atoms with E-state index in [2.05, 4.69) is 15.5 Å². The zero-order chi connectivity index (χ0) is 22.1.